The predicted octanol–water partition coefficient (Wildman–Crippen LogP) is 3.41. The number of anilines is 2. The minimum Gasteiger partial charge on any atom is -0.326 e. The average molecular weight is 360 g/mol. The first-order valence-corrected chi connectivity index (χ1v) is 9.93. The van der Waals surface area contributed by atoms with E-state index in [2.05, 4.69) is 5.32 Å². The highest BCUT2D eigenvalue weighted by atomic mass is 32.2. The van der Waals surface area contributed by atoms with Gasteiger partial charge in [-0.25, -0.2) is 8.42 Å². The highest BCUT2D eigenvalue weighted by Gasteiger charge is 2.19. The lowest BCUT2D eigenvalue weighted by molar-refractivity contribution is -0.116. The van der Waals surface area contributed by atoms with Crippen molar-refractivity contribution in [3.8, 4) is 0 Å². The second kappa shape index (κ2) is 7.70. The smallest absolute Gasteiger partial charge is 0.232 e. The van der Waals surface area contributed by atoms with Crippen molar-refractivity contribution in [3.63, 3.8) is 0 Å². The minimum atomic E-state index is -3.46. The molecule has 6 heteroatoms. The summed E-state index contributed by atoms with van der Waals surface area (Å²) >= 11 is 0. The number of rotatable bonds is 6. The molecule has 2 aromatic rings. The Bertz CT molecular complexity index is 876. The van der Waals surface area contributed by atoms with E-state index in [9.17, 15) is 13.2 Å². The maximum Gasteiger partial charge on any atom is 0.232 e. The second-order valence-electron chi connectivity index (χ2n) is 6.29. The average Bonchev–Trinajstić information content (AvgIpc) is 2.49. The standard InChI is InChI=1S/C19H24N2O3S/c1-14-6-5-7-17(13-14)21(25(4,23)24)11-10-19(22)20-18-9-8-15(2)12-16(18)3/h5-9,12-13H,10-11H2,1-4H3,(H,20,22). The molecule has 0 saturated carbocycles. The molecule has 0 fully saturated rings. The van der Waals surface area contributed by atoms with Gasteiger partial charge in [-0.05, 0) is 50.1 Å². The molecular formula is C19H24N2O3S. The fourth-order valence-corrected chi connectivity index (χ4v) is 3.56. The highest BCUT2D eigenvalue weighted by Crippen LogP contribution is 2.20. The Morgan fingerprint density at radius 3 is 2.32 bits per heavy atom. The van der Waals surface area contributed by atoms with Gasteiger partial charge in [-0.3, -0.25) is 9.10 Å². The van der Waals surface area contributed by atoms with Crippen LogP contribution in [0.1, 0.15) is 23.1 Å². The van der Waals surface area contributed by atoms with Crippen molar-refractivity contribution >= 4 is 27.3 Å². The molecule has 0 aromatic heterocycles. The van der Waals surface area contributed by atoms with Crippen LogP contribution in [0.2, 0.25) is 0 Å². The number of hydrogen-bond donors (Lipinski definition) is 1. The molecule has 1 amide bonds. The molecule has 0 heterocycles. The topological polar surface area (TPSA) is 66.5 Å². The van der Waals surface area contributed by atoms with Crippen molar-refractivity contribution in [1.82, 2.24) is 0 Å². The van der Waals surface area contributed by atoms with E-state index in [1.807, 2.05) is 45.0 Å². The van der Waals surface area contributed by atoms with Gasteiger partial charge in [-0.15, -0.1) is 0 Å². The van der Waals surface area contributed by atoms with E-state index in [0.717, 1.165) is 28.6 Å². The number of sulfonamides is 1. The van der Waals surface area contributed by atoms with E-state index in [1.54, 1.807) is 18.2 Å². The number of amides is 1. The zero-order chi connectivity index (χ0) is 18.6. The molecule has 0 radical (unpaired) electrons. The summed E-state index contributed by atoms with van der Waals surface area (Å²) in [6.07, 6.45) is 1.23. The summed E-state index contributed by atoms with van der Waals surface area (Å²) < 4.78 is 25.5. The van der Waals surface area contributed by atoms with Crippen LogP contribution in [0.15, 0.2) is 42.5 Å². The van der Waals surface area contributed by atoms with Crippen LogP contribution in [0.25, 0.3) is 0 Å². The number of hydrogen-bond acceptors (Lipinski definition) is 3. The van der Waals surface area contributed by atoms with E-state index < -0.39 is 10.0 Å². The number of nitrogens with one attached hydrogen (secondary N) is 1. The monoisotopic (exact) mass is 360 g/mol. The zero-order valence-electron chi connectivity index (χ0n) is 15.0. The minimum absolute atomic E-state index is 0.0777. The van der Waals surface area contributed by atoms with Crippen LogP contribution in [0.4, 0.5) is 11.4 Å². The lowest BCUT2D eigenvalue weighted by Crippen LogP contribution is -2.33. The summed E-state index contributed by atoms with van der Waals surface area (Å²) in [6, 6.07) is 13.0. The van der Waals surface area contributed by atoms with Crippen molar-refractivity contribution in [2.75, 3.05) is 22.4 Å². The molecule has 5 nitrogen and oxygen atoms in total. The Morgan fingerprint density at radius 1 is 1.04 bits per heavy atom. The number of aryl methyl sites for hydroxylation is 3. The van der Waals surface area contributed by atoms with Crippen molar-refractivity contribution in [3.05, 3.63) is 59.2 Å². The molecule has 0 aliphatic rings. The largest absolute Gasteiger partial charge is 0.326 e. The molecule has 0 spiro atoms. The fraction of sp³-hybridized carbons (Fsp3) is 0.316. The van der Waals surface area contributed by atoms with Gasteiger partial charge in [0.15, 0.2) is 0 Å². The van der Waals surface area contributed by atoms with Gasteiger partial charge in [-0.2, -0.15) is 0 Å². The molecule has 0 aliphatic heterocycles. The van der Waals surface area contributed by atoms with Crippen LogP contribution < -0.4 is 9.62 Å². The third-order valence-corrected chi connectivity index (χ3v) is 5.08. The Balaban J connectivity index is 2.09. The third-order valence-electron chi connectivity index (χ3n) is 3.89. The van der Waals surface area contributed by atoms with E-state index in [4.69, 9.17) is 0 Å². The van der Waals surface area contributed by atoms with E-state index in [-0.39, 0.29) is 18.9 Å². The number of nitrogens with zero attached hydrogens (tertiary/aromatic N) is 1. The quantitative estimate of drug-likeness (QED) is 0.858. The SMILES string of the molecule is Cc1cccc(N(CCC(=O)Nc2ccc(C)cc2C)S(C)(=O)=O)c1. The van der Waals surface area contributed by atoms with Crippen LogP contribution in [-0.2, 0) is 14.8 Å². The molecule has 1 N–H and O–H groups in total. The summed E-state index contributed by atoms with van der Waals surface area (Å²) in [5.41, 5.74) is 4.38. The normalized spacial score (nSPS) is 11.2. The Hall–Kier alpha value is -2.34. The molecule has 0 bridgehead atoms. The first-order valence-electron chi connectivity index (χ1n) is 8.08. The summed E-state index contributed by atoms with van der Waals surface area (Å²) in [7, 11) is -3.46. The van der Waals surface area contributed by atoms with Gasteiger partial charge in [0.2, 0.25) is 15.9 Å². The summed E-state index contributed by atoms with van der Waals surface area (Å²) in [5, 5.41) is 2.85. The van der Waals surface area contributed by atoms with Crippen molar-refractivity contribution < 1.29 is 13.2 Å². The Morgan fingerprint density at radius 2 is 1.72 bits per heavy atom. The van der Waals surface area contributed by atoms with Gasteiger partial charge in [-0.1, -0.05) is 29.8 Å². The lowest BCUT2D eigenvalue weighted by Gasteiger charge is -2.22. The van der Waals surface area contributed by atoms with Crippen LogP contribution in [0.3, 0.4) is 0 Å². The molecule has 0 aliphatic carbocycles. The number of carbonyl (C=O) groups is 1. The van der Waals surface area contributed by atoms with Crippen LogP contribution in [0, 0.1) is 20.8 Å². The van der Waals surface area contributed by atoms with E-state index >= 15 is 0 Å². The van der Waals surface area contributed by atoms with E-state index in [1.165, 1.54) is 4.31 Å². The van der Waals surface area contributed by atoms with E-state index in [0.29, 0.717) is 5.69 Å². The molecule has 0 atom stereocenters. The predicted molar refractivity (Wildman–Crippen MR) is 103 cm³/mol. The molecular weight excluding hydrogens is 336 g/mol. The molecule has 134 valence electrons. The van der Waals surface area contributed by atoms with Crippen molar-refractivity contribution in [2.45, 2.75) is 27.2 Å². The molecule has 2 aromatic carbocycles. The maximum atomic E-state index is 12.2. The van der Waals surface area contributed by atoms with Gasteiger partial charge in [0.05, 0.1) is 11.9 Å². The summed E-state index contributed by atoms with van der Waals surface area (Å²) in [4.78, 5) is 12.2. The second-order valence-corrected chi connectivity index (χ2v) is 8.20. The third kappa shape index (κ3) is 5.32. The Labute approximate surface area is 149 Å². The zero-order valence-corrected chi connectivity index (χ0v) is 15.9. The fourth-order valence-electron chi connectivity index (χ4n) is 2.64. The first-order chi connectivity index (χ1) is 11.7. The highest BCUT2D eigenvalue weighted by molar-refractivity contribution is 7.92. The van der Waals surface area contributed by atoms with Crippen LogP contribution >= 0.6 is 0 Å². The number of carbonyl (C=O) groups excluding carboxylic acids is 1. The van der Waals surface area contributed by atoms with Crippen molar-refractivity contribution in [1.29, 1.82) is 0 Å². The van der Waals surface area contributed by atoms with Crippen LogP contribution in [-0.4, -0.2) is 27.1 Å². The molecule has 25 heavy (non-hydrogen) atoms. The van der Waals surface area contributed by atoms with Gasteiger partial charge in [0.1, 0.15) is 0 Å². The summed E-state index contributed by atoms with van der Waals surface area (Å²) in [6.45, 7) is 5.92. The maximum absolute atomic E-state index is 12.2. The molecule has 2 rings (SSSR count). The van der Waals surface area contributed by atoms with Crippen molar-refractivity contribution in [2.24, 2.45) is 0 Å². The van der Waals surface area contributed by atoms with Gasteiger partial charge < -0.3 is 5.32 Å². The molecule has 0 saturated heterocycles. The van der Waals surface area contributed by atoms with Gasteiger partial charge in [0.25, 0.3) is 0 Å². The summed E-state index contributed by atoms with van der Waals surface area (Å²) in [5.74, 6) is -0.215. The first kappa shape index (κ1) is 19.0. The van der Waals surface area contributed by atoms with Crippen LogP contribution in [0.5, 0.6) is 0 Å². The Kier molecular flexibility index (Phi) is 5.85. The van der Waals surface area contributed by atoms with Gasteiger partial charge in [0, 0.05) is 18.7 Å². The lowest BCUT2D eigenvalue weighted by atomic mass is 10.1. The molecule has 0 unspecified atom stereocenters. The number of benzene rings is 2. The van der Waals surface area contributed by atoms with Gasteiger partial charge >= 0.3 is 0 Å².